The van der Waals surface area contributed by atoms with Gasteiger partial charge in [-0.15, -0.1) is 0 Å². The maximum Gasteiger partial charge on any atom is 0.469 e. The molecule has 0 aromatic rings. The molecule has 0 bridgehead atoms. The maximum atomic E-state index is 12.4. The highest BCUT2D eigenvalue weighted by Crippen LogP contribution is 2.36. The van der Waals surface area contributed by atoms with Crippen LogP contribution in [0.1, 0.15) is 226 Å². The van der Waals surface area contributed by atoms with Gasteiger partial charge in [-0.2, -0.15) is 0 Å². The number of hydrogen-bond donors (Lipinski definition) is 2. The van der Waals surface area contributed by atoms with E-state index in [1.54, 1.807) is 6.26 Å². The van der Waals surface area contributed by atoms with E-state index in [0.717, 1.165) is 32.1 Å². The lowest BCUT2D eigenvalue weighted by atomic mass is 10.0. The fourth-order valence-corrected chi connectivity index (χ4v) is 6.65. The first kappa shape index (κ1) is 48.1. The number of rotatable bonds is 40. The number of phosphoric ester groups is 1. The molecule has 0 unspecified atom stereocenters. The first-order valence-corrected chi connectivity index (χ1v) is 22.6. The monoisotopic (exact) mass is 717 g/mol. The van der Waals surface area contributed by atoms with Gasteiger partial charge in [-0.25, -0.2) is 4.57 Å². The van der Waals surface area contributed by atoms with Gasteiger partial charge in [0.1, 0.15) is 6.61 Å². The molecule has 0 radical (unpaired) electrons. The fourth-order valence-electron chi connectivity index (χ4n) is 6.29. The lowest BCUT2D eigenvalue weighted by Gasteiger charge is -2.18. The smallest absolute Gasteiger partial charge is 0.469 e. The van der Waals surface area contributed by atoms with Gasteiger partial charge in [0.25, 0.3) is 0 Å². The van der Waals surface area contributed by atoms with Crippen LogP contribution in [0, 0.1) is 0 Å². The van der Waals surface area contributed by atoms with Crippen molar-refractivity contribution in [1.29, 1.82) is 0 Å². The Labute approximate surface area is 303 Å². The van der Waals surface area contributed by atoms with Crippen LogP contribution in [0.25, 0.3) is 0 Å². The minimum absolute atomic E-state index is 0.000121. The summed E-state index contributed by atoms with van der Waals surface area (Å²) in [5.74, 6) is -0.379. The number of phosphoric acid groups is 1. The van der Waals surface area contributed by atoms with Crippen LogP contribution in [-0.2, 0) is 23.4 Å². The van der Waals surface area contributed by atoms with E-state index in [4.69, 9.17) is 19.3 Å². The Bertz CT molecular complexity index is 754. The number of allylic oxidation sites excluding steroid dienone is 1. The number of hydrogen-bond acceptors (Lipinski definition) is 5. The third kappa shape index (κ3) is 41.4. The van der Waals surface area contributed by atoms with Crippen molar-refractivity contribution >= 4 is 13.8 Å². The molecule has 8 heteroatoms. The molecule has 7 nitrogen and oxygen atoms in total. The van der Waals surface area contributed by atoms with E-state index >= 15 is 0 Å². The summed E-state index contributed by atoms with van der Waals surface area (Å²) >= 11 is 0. The van der Waals surface area contributed by atoms with Crippen molar-refractivity contribution in [3.05, 3.63) is 12.3 Å². The Balaban J connectivity index is 3.78. The molecule has 0 aromatic heterocycles. The lowest BCUT2D eigenvalue weighted by molar-refractivity contribution is -0.153. The van der Waals surface area contributed by atoms with Gasteiger partial charge in [-0.05, 0) is 25.3 Å². The zero-order valence-electron chi connectivity index (χ0n) is 32.4. The maximum absolute atomic E-state index is 12.4. The molecule has 0 heterocycles. The summed E-state index contributed by atoms with van der Waals surface area (Å²) in [4.78, 5) is 30.6. The lowest BCUT2D eigenvalue weighted by Crippen LogP contribution is -2.27. The average Bonchev–Trinajstić information content (AvgIpc) is 3.07. The van der Waals surface area contributed by atoms with Crippen molar-refractivity contribution in [2.24, 2.45) is 0 Å². The molecule has 0 amide bonds. The summed E-state index contributed by atoms with van der Waals surface area (Å²) in [6.07, 6.45) is 44.4. The number of unbranched alkanes of at least 4 members (excludes halogenated alkanes) is 30. The van der Waals surface area contributed by atoms with E-state index in [2.05, 4.69) is 18.4 Å². The molecule has 0 aliphatic heterocycles. The second kappa shape index (κ2) is 38.4. The summed E-state index contributed by atoms with van der Waals surface area (Å²) < 4.78 is 26.7. The molecule has 0 aromatic carbocycles. The largest absolute Gasteiger partial charge is 0.498 e. The van der Waals surface area contributed by atoms with Gasteiger partial charge in [0.2, 0.25) is 0 Å². The van der Waals surface area contributed by atoms with Gasteiger partial charge in [0.05, 0.1) is 12.9 Å². The molecule has 2 N–H and O–H groups in total. The molecule has 49 heavy (non-hydrogen) atoms. The molecule has 1 atom stereocenters. The zero-order valence-corrected chi connectivity index (χ0v) is 33.3. The van der Waals surface area contributed by atoms with Gasteiger partial charge in [0, 0.05) is 6.42 Å². The van der Waals surface area contributed by atoms with E-state index in [9.17, 15) is 9.36 Å². The van der Waals surface area contributed by atoms with Crippen LogP contribution in [0.5, 0.6) is 0 Å². The van der Waals surface area contributed by atoms with Crippen molar-refractivity contribution < 1.29 is 33.1 Å². The first-order valence-electron chi connectivity index (χ1n) is 21.0. The molecule has 0 saturated carbocycles. The molecule has 0 saturated heterocycles. The van der Waals surface area contributed by atoms with E-state index in [1.807, 2.05) is 6.08 Å². The van der Waals surface area contributed by atoms with Crippen LogP contribution in [0.2, 0.25) is 0 Å². The number of carbonyl (C=O) groups is 1. The van der Waals surface area contributed by atoms with Crippen molar-refractivity contribution in [3.8, 4) is 0 Å². The summed E-state index contributed by atoms with van der Waals surface area (Å²) in [7, 11) is -4.66. The van der Waals surface area contributed by atoms with Crippen molar-refractivity contribution in [3.63, 3.8) is 0 Å². The molecular formula is C41H81O7P. The van der Waals surface area contributed by atoms with E-state index < -0.39 is 20.5 Å². The van der Waals surface area contributed by atoms with E-state index in [1.165, 1.54) is 173 Å². The highest BCUT2D eigenvalue weighted by molar-refractivity contribution is 7.46. The van der Waals surface area contributed by atoms with Crippen LogP contribution in [0.4, 0.5) is 0 Å². The van der Waals surface area contributed by atoms with Gasteiger partial charge >= 0.3 is 13.8 Å². The molecule has 0 spiro atoms. The highest BCUT2D eigenvalue weighted by atomic mass is 31.2. The number of esters is 1. The molecule has 292 valence electrons. The van der Waals surface area contributed by atoms with Gasteiger partial charge in [0.15, 0.2) is 6.10 Å². The molecule has 0 aliphatic carbocycles. The van der Waals surface area contributed by atoms with Crippen LogP contribution in [-0.4, -0.2) is 35.1 Å². The Hall–Kier alpha value is -0.880. The molecule has 0 aliphatic rings. The first-order chi connectivity index (χ1) is 23.9. The second-order valence-corrected chi connectivity index (χ2v) is 15.6. The molecular weight excluding hydrogens is 635 g/mol. The summed E-state index contributed by atoms with van der Waals surface area (Å²) in [6.45, 7) is 4.14. The van der Waals surface area contributed by atoms with Crippen LogP contribution < -0.4 is 0 Å². The van der Waals surface area contributed by atoms with Crippen LogP contribution in [0.15, 0.2) is 12.3 Å². The minimum atomic E-state index is -4.66. The quantitative estimate of drug-likeness (QED) is 0.0282. The highest BCUT2D eigenvalue weighted by Gasteiger charge is 2.21. The standard InChI is InChI=1S/C41H81O7P/c1-3-5-7-9-11-13-15-17-19-20-21-22-23-24-26-28-30-32-34-36-41(42)48-40(39-47-49(43,44)45)38-46-37-35-33-31-29-27-25-18-16-14-12-10-8-6-4-2/h35,37,40H,3-34,36,38-39H2,1-2H3,(H2,43,44,45)/b37-35-/t40-/m1/s1. The number of carbonyl (C=O) groups excluding carboxylic acids is 1. The van der Waals surface area contributed by atoms with Gasteiger partial charge < -0.3 is 19.3 Å². The topological polar surface area (TPSA) is 102 Å². The fraction of sp³-hybridized carbons (Fsp3) is 0.927. The van der Waals surface area contributed by atoms with Gasteiger partial charge in [-0.1, -0.05) is 200 Å². The predicted octanol–water partition coefficient (Wildman–Crippen LogP) is 13.5. The predicted molar refractivity (Wildman–Crippen MR) is 207 cm³/mol. The SMILES string of the molecule is CCCCCCCCCCCCCC/C=C\OC[C@H](COP(=O)(O)O)OC(=O)CCCCCCCCCCCCCCCCCCCCC. The average molecular weight is 717 g/mol. The van der Waals surface area contributed by atoms with E-state index in [-0.39, 0.29) is 12.6 Å². The Morgan fingerprint density at radius 1 is 0.531 bits per heavy atom. The number of ether oxygens (including phenoxy) is 2. The van der Waals surface area contributed by atoms with E-state index in [0.29, 0.717) is 6.42 Å². The Morgan fingerprint density at radius 2 is 0.878 bits per heavy atom. The zero-order chi connectivity index (χ0) is 35.9. The second-order valence-electron chi connectivity index (χ2n) is 14.4. The normalized spacial score (nSPS) is 12.6. The van der Waals surface area contributed by atoms with Crippen molar-refractivity contribution in [2.45, 2.75) is 232 Å². The summed E-state index contributed by atoms with van der Waals surface area (Å²) in [6, 6.07) is 0. The van der Waals surface area contributed by atoms with Crippen LogP contribution >= 0.6 is 7.82 Å². The summed E-state index contributed by atoms with van der Waals surface area (Å²) in [5, 5.41) is 0. The molecule has 0 fully saturated rings. The van der Waals surface area contributed by atoms with Crippen molar-refractivity contribution in [2.75, 3.05) is 13.2 Å². The third-order valence-corrected chi connectivity index (χ3v) is 9.90. The third-order valence-electron chi connectivity index (χ3n) is 9.41. The van der Waals surface area contributed by atoms with Crippen LogP contribution in [0.3, 0.4) is 0 Å². The Morgan fingerprint density at radius 3 is 1.24 bits per heavy atom. The summed E-state index contributed by atoms with van der Waals surface area (Å²) in [5.41, 5.74) is 0. The Kier molecular flexibility index (Phi) is 37.7. The van der Waals surface area contributed by atoms with Crippen molar-refractivity contribution in [1.82, 2.24) is 0 Å². The molecule has 0 rings (SSSR count). The minimum Gasteiger partial charge on any atom is -0.498 e. The van der Waals surface area contributed by atoms with Gasteiger partial charge in [-0.3, -0.25) is 9.32 Å².